The highest BCUT2D eigenvalue weighted by atomic mass is 16.7. The Balaban J connectivity index is 3.87. The summed E-state index contributed by atoms with van der Waals surface area (Å²) in [6.07, 6.45) is 1.83. The minimum Gasteiger partial charge on any atom is -0.352 e. The molecule has 0 aliphatic rings. The number of amides is 1. The first kappa shape index (κ1) is 15.4. The Bertz CT molecular complexity index is 322. The average molecular weight is 241 g/mol. The van der Waals surface area contributed by atoms with E-state index in [0.717, 1.165) is 6.08 Å². The van der Waals surface area contributed by atoms with Crippen molar-refractivity contribution in [3.05, 3.63) is 24.8 Å². The third-order valence-electron chi connectivity index (χ3n) is 2.05. The molecule has 0 fully saturated rings. The Hall–Kier alpha value is -1.62. The van der Waals surface area contributed by atoms with Crippen molar-refractivity contribution in [1.82, 2.24) is 5.32 Å². The fraction of sp³-hybridized carbons (Fsp3) is 0.500. The zero-order valence-electron chi connectivity index (χ0n) is 10.8. The first-order valence-electron chi connectivity index (χ1n) is 5.41. The Labute approximate surface area is 102 Å². The molecule has 0 atom stereocenters. The molecule has 0 saturated carbocycles. The van der Waals surface area contributed by atoms with Gasteiger partial charge in [-0.3, -0.25) is 9.63 Å². The second kappa shape index (κ2) is 6.85. The monoisotopic (exact) mass is 241 g/mol. The van der Waals surface area contributed by atoms with Crippen molar-refractivity contribution >= 4 is 11.9 Å². The quantitative estimate of drug-likeness (QED) is 0.310. The molecule has 0 radical (unpaired) electrons. The van der Waals surface area contributed by atoms with Crippen molar-refractivity contribution in [2.45, 2.75) is 13.3 Å². The highest BCUT2D eigenvalue weighted by Crippen LogP contribution is 2.01. The molecule has 0 aromatic carbocycles. The summed E-state index contributed by atoms with van der Waals surface area (Å²) in [5, 5.41) is 2.71. The van der Waals surface area contributed by atoms with Crippen LogP contribution in [0.5, 0.6) is 0 Å². The molecule has 0 unspecified atom stereocenters. The maximum absolute atomic E-state index is 11.2. The molecule has 0 spiro atoms. The normalized spacial score (nSPS) is 10.5. The Morgan fingerprint density at radius 1 is 1.41 bits per heavy atom. The molecule has 0 aromatic heterocycles. The fourth-order valence-electron chi connectivity index (χ4n) is 1.14. The second-order valence-corrected chi connectivity index (χ2v) is 4.30. The van der Waals surface area contributed by atoms with Crippen molar-refractivity contribution in [1.29, 1.82) is 0 Å². The standard InChI is InChI=1S/C12H20N2O3/c1-6-11(15)17-14(4,5)9-7-8-13-12(16)10(2)3/h6H,1-2,7-9H2,3-5H3/p+1. The lowest BCUT2D eigenvalue weighted by molar-refractivity contribution is -1.06. The molecule has 0 saturated heterocycles. The number of hydroxylamine groups is 3. The highest BCUT2D eigenvalue weighted by molar-refractivity contribution is 5.91. The topological polar surface area (TPSA) is 55.4 Å². The molecular formula is C12H21N2O3+. The second-order valence-electron chi connectivity index (χ2n) is 4.30. The van der Waals surface area contributed by atoms with Gasteiger partial charge in [0.05, 0.1) is 0 Å². The van der Waals surface area contributed by atoms with E-state index >= 15 is 0 Å². The lowest BCUT2D eigenvalue weighted by Gasteiger charge is -2.25. The number of hydrogen-bond donors (Lipinski definition) is 1. The smallest absolute Gasteiger partial charge is 0.352 e. The van der Waals surface area contributed by atoms with Gasteiger partial charge in [-0.1, -0.05) is 13.2 Å². The Kier molecular flexibility index (Phi) is 6.20. The van der Waals surface area contributed by atoms with E-state index in [-0.39, 0.29) is 10.6 Å². The molecule has 0 bridgehead atoms. The van der Waals surface area contributed by atoms with Crippen molar-refractivity contribution < 1.29 is 19.1 Å². The molecule has 0 aromatic rings. The van der Waals surface area contributed by atoms with Crippen LogP contribution < -0.4 is 5.32 Å². The Morgan fingerprint density at radius 2 is 2.00 bits per heavy atom. The number of nitrogens with zero attached hydrogens (tertiary/aromatic N) is 1. The van der Waals surface area contributed by atoms with Gasteiger partial charge in [-0.25, -0.2) is 4.79 Å². The van der Waals surface area contributed by atoms with E-state index in [9.17, 15) is 9.59 Å². The van der Waals surface area contributed by atoms with E-state index in [1.807, 2.05) is 0 Å². The van der Waals surface area contributed by atoms with Crippen molar-refractivity contribution in [3.8, 4) is 0 Å². The van der Waals surface area contributed by atoms with Crippen LogP contribution in [-0.4, -0.2) is 43.7 Å². The maximum Gasteiger partial charge on any atom is 0.389 e. The van der Waals surface area contributed by atoms with E-state index in [2.05, 4.69) is 18.5 Å². The molecule has 1 amide bonds. The van der Waals surface area contributed by atoms with Crippen LogP contribution in [0.2, 0.25) is 0 Å². The van der Waals surface area contributed by atoms with Gasteiger partial charge in [-0.15, -0.1) is 4.65 Å². The number of carbonyl (C=O) groups is 2. The van der Waals surface area contributed by atoms with Crippen molar-refractivity contribution in [3.63, 3.8) is 0 Å². The molecule has 0 heterocycles. The SMILES string of the molecule is C=CC(=O)O[N+](C)(C)CCCNC(=O)C(=C)C. The summed E-state index contributed by atoms with van der Waals surface area (Å²) in [6, 6.07) is 0. The van der Waals surface area contributed by atoms with Crippen LogP contribution in [0.15, 0.2) is 24.8 Å². The first-order valence-corrected chi connectivity index (χ1v) is 5.41. The van der Waals surface area contributed by atoms with E-state index in [1.54, 1.807) is 21.0 Å². The molecule has 0 rings (SSSR count). The largest absolute Gasteiger partial charge is 0.389 e. The van der Waals surface area contributed by atoms with Crippen molar-refractivity contribution in [2.24, 2.45) is 0 Å². The number of quaternary nitrogens is 1. The van der Waals surface area contributed by atoms with Gasteiger partial charge in [0.1, 0.15) is 20.6 Å². The third-order valence-corrected chi connectivity index (χ3v) is 2.05. The van der Waals surface area contributed by atoms with Crippen LogP contribution in [0.3, 0.4) is 0 Å². The predicted molar refractivity (Wildman–Crippen MR) is 65.7 cm³/mol. The molecule has 5 heteroatoms. The van der Waals surface area contributed by atoms with Crippen molar-refractivity contribution in [2.75, 3.05) is 27.2 Å². The summed E-state index contributed by atoms with van der Waals surface area (Å²) in [6.45, 7) is 9.66. The number of hydrogen-bond acceptors (Lipinski definition) is 3. The minimum absolute atomic E-state index is 0.105. The predicted octanol–water partition coefficient (Wildman–Crippen LogP) is 0.789. The number of nitrogens with one attached hydrogen (secondary N) is 1. The summed E-state index contributed by atoms with van der Waals surface area (Å²) < 4.78 is 0.105. The van der Waals surface area contributed by atoms with Crippen LogP contribution in [0.1, 0.15) is 13.3 Å². The molecule has 5 nitrogen and oxygen atoms in total. The van der Waals surface area contributed by atoms with E-state index in [1.165, 1.54) is 0 Å². The minimum atomic E-state index is -0.457. The zero-order chi connectivity index (χ0) is 13.5. The van der Waals surface area contributed by atoms with Gasteiger partial charge >= 0.3 is 5.97 Å². The van der Waals surface area contributed by atoms with Gasteiger partial charge < -0.3 is 5.32 Å². The third kappa shape index (κ3) is 7.30. The van der Waals surface area contributed by atoms with Crippen LogP contribution in [0.4, 0.5) is 0 Å². The lowest BCUT2D eigenvalue weighted by atomic mass is 10.3. The Morgan fingerprint density at radius 3 is 2.47 bits per heavy atom. The van der Waals surface area contributed by atoms with Gasteiger partial charge in [0.2, 0.25) is 5.91 Å². The summed E-state index contributed by atoms with van der Waals surface area (Å²) in [5.41, 5.74) is 0.483. The van der Waals surface area contributed by atoms with E-state index in [0.29, 0.717) is 25.1 Å². The summed E-state index contributed by atoms with van der Waals surface area (Å²) in [7, 11) is 3.53. The maximum atomic E-state index is 11.2. The summed E-state index contributed by atoms with van der Waals surface area (Å²) in [4.78, 5) is 27.3. The van der Waals surface area contributed by atoms with Crippen LogP contribution in [-0.2, 0) is 14.4 Å². The van der Waals surface area contributed by atoms with Crippen LogP contribution in [0.25, 0.3) is 0 Å². The first-order chi connectivity index (χ1) is 7.78. The van der Waals surface area contributed by atoms with Gasteiger partial charge in [-0.2, -0.15) is 0 Å². The molecule has 1 N–H and O–H groups in total. The lowest BCUT2D eigenvalue weighted by Crippen LogP contribution is -2.43. The van der Waals surface area contributed by atoms with Gasteiger partial charge in [0.25, 0.3) is 0 Å². The summed E-state index contributed by atoms with van der Waals surface area (Å²) in [5.74, 6) is -0.612. The zero-order valence-corrected chi connectivity index (χ0v) is 10.8. The van der Waals surface area contributed by atoms with Gasteiger partial charge in [0.15, 0.2) is 0 Å². The molecule has 0 aliphatic carbocycles. The molecule has 0 aliphatic heterocycles. The molecule has 96 valence electrons. The summed E-state index contributed by atoms with van der Waals surface area (Å²) >= 11 is 0. The molecular weight excluding hydrogens is 220 g/mol. The van der Waals surface area contributed by atoms with E-state index < -0.39 is 5.97 Å². The number of carbonyl (C=O) groups excluding carboxylic acids is 2. The number of rotatable bonds is 7. The van der Waals surface area contributed by atoms with Crippen LogP contribution in [0, 0.1) is 0 Å². The van der Waals surface area contributed by atoms with Crippen LogP contribution >= 0.6 is 0 Å². The fourth-order valence-corrected chi connectivity index (χ4v) is 1.14. The van der Waals surface area contributed by atoms with E-state index in [4.69, 9.17) is 4.84 Å². The average Bonchev–Trinajstić information content (AvgIpc) is 2.23. The van der Waals surface area contributed by atoms with Gasteiger partial charge in [-0.05, 0) is 6.92 Å². The molecule has 17 heavy (non-hydrogen) atoms. The highest BCUT2D eigenvalue weighted by Gasteiger charge is 2.19. The van der Waals surface area contributed by atoms with Gasteiger partial charge in [0, 0.05) is 24.6 Å².